The summed E-state index contributed by atoms with van der Waals surface area (Å²) < 4.78 is 22.9. The van der Waals surface area contributed by atoms with E-state index in [1.54, 1.807) is 80.7 Å². The van der Waals surface area contributed by atoms with Gasteiger partial charge in [-0.3, -0.25) is 14.5 Å². The topological polar surface area (TPSA) is 101 Å². The zero-order valence-electron chi connectivity index (χ0n) is 24.6. The number of hydrogen-bond acceptors (Lipinski definition) is 11. The molecule has 0 aromatic heterocycles. The van der Waals surface area contributed by atoms with E-state index in [4.69, 9.17) is 43.4 Å². The number of rotatable bonds is 8. The highest BCUT2D eigenvalue weighted by atomic mass is 32.2. The molecule has 3 aromatic rings. The Labute approximate surface area is 280 Å². The predicted molar refractivity (Wildman–Crippen MR) is 181 cm³/mol. The first-order chi connectivity index (χ1) is 21.6. The van der Waals surface area contributed by atoms with Crippen LogP contribution in [0.1, 0.15) is 38.3 Å². The third kappa shape index (κ3) is 6.46. The van der Waals surface area contributed by atoms with E-state index >= 15 is 0 Å². The third-order valence-electron chi connectivity index (χ3n) is 7.39. The number of thioether (sulfide) groups is 2. The summed E-state index contributed by atoms with van der Waals surface area (Å²) in [5, 5.41) is 10.7. The normalized spacial score (nSPS) is 21.2. The molecule has 0 bridgehead atoms. The largest absolute Gasteiger partial charge is 0.454 e. The van der Waals surface area contributed by atoms with Crippen LogP contribution in [0.5, 0.6) is 23.0 Å². The van der Waals surface area contributed by atoms with E-state index in [9.17, 15) is 14.9 Å². The Balaban J connectivity index is 1.59. The number of fused-ring (bicyclic) bond motifs is 1. The lowest BCUT2D eigenvalue weighted by Crippen LogP contribution is -2.73. The minimum atomic E-state index is -1.63. The molecule has 13 heteroatoms. The number of amides is 2. The first-order valence-electron chi connectivity index (χ1n) is 14.0. The van der Waals surface area contributed by atoms with Crippen LogP contribution >= 0.6 is 48.0 Å². The van der Waals surface area contributed by atoms with Crippen molar-refractivity contribution in [3.63, 3.8) is 0 Å². The van der Waals surface area contributed by atoms with Crippen LogP contribution in [0.15, 0.2) is 78.9 Å². The molecule has 1 fully saturated rings. The van der Waals surface area contributed by atoms with E-state index in [0.717, 1.165) is 23.5 Å². The van der Waals surface area contributed by atoms with Crippen molar-refractivity contribution >= 4 is 68.5 Å². The molecule has 0 aliphatic carbocycles. The van der Waals surface area contributed by atoms with Crippen LogP contribution in [0.25, 0.3) is 0 Å². The molecule has 3 atom stereocenters. The van der Waals surface area contributed by atoms with Crippen molar-refractivity contribution < 1.29 is 28.5 Å². The first-order valence-corrected chi connectivity index (χ1v) is 16.4. The summed E-state index contributed by atoms with van der Waals surface area (Å²) in [5.74, 6) is 0.959. The number of nitrogens with zero attached hydrogens (tertiary/aromatic N) is 3. The Hall–Kier alpha value is -3.83. The van der Waals surface area contributed by atoms with Gasteiger partial charge in [0.2, 0.25) is 15.6 Å². The number of likely N-dealkylation sites (N-methyl/N-ethyl adjacent to an activating group) is 1. The van der Waals surface area contributed by atoms with Crippen LogP contribution in [-0.2, 0) is 9.59 Å². The molecule has 2 heterocycles. The zero-order chi connectivity index (χ0) is 32.2. The van der Waals surface area contributed by atoms with E-state index in [1.165, 1.54) is 9.80 Å². The average Bonchev–Trinajstić information content (AvgIpc) is 3.50. The van der Waals surface area contributed by atoms with Crippen molar-refractivity contribution in [3.05, 3.63) is 84.4 Å². The SMILES string of the molecule is CCCC1(SC(=S)Oc2ccccc2)C(=O)N(C)[C@@](C)(SC(=S)Oc2ccccc2)C(=O)N1[C@H](C#N)c1ccc2c(c1)OCO2. The van der Waals surface area contributed by atoms with Crippen molar-refractivity contribution in [3.8, 4) is 29.1 Å². The van der Waals surface area contributed by atoms with Crippen molar-refractivity contribution in [1.82, 2.24) is 9.80 Å². The van der Waals surface area contributed by atoms with Crippen LogP contribution in [0.4, 0.5) is 0 Å². The standard InChI is InChI=1S/C32H29N3O6S4/c1-4-17-32(45-30(43)41-23-13-9-6-10-14-23)28(37)34(3)31(2,44-29(42)40-22-11-7-5-8-12-22)27(36)35(32)24(19-33)21-15-16-25-26(18-21)39-20-38-25/h5-16,18,24H,4,17,20H2,1-3H3/t24-,31+,32?/m1/s1. The van der Waals surface area contributed by atoms with Crippen LogP contribution in [0.3, 0.4) is 0 Å². The van der Waals surface area contributed by atoms with Gasteiger partial charge in [0.1, 0.15) is 17.5 Å². The molecule has 0 spiro atoms. The van der Waals surface area contributed by atoms with E-state index in [2.05, 4.69) is 6.07 Å². The third-order valence-corrected chi connectivity index (χ3v) is 10.3. The first kappa shape index (κ1) is 32.6. The summed E-state index contributed by atoms with van der Waals surface area (Å²) >= 11 is 13.1. The van der Waals surface area contributed by atoms with Gasteiger partial charge in [-0.1, -0.05) is 55.8 Å². The maximum Gasteiger partial charge on any atom is 0.262 e. The number of ether oxygens (including phenoxy) is 4. The lowest BCUT2D eigenvalue weighted by molar-refractivity contribution is -0.166. The second kappa shape index (κ2) is 13.7. The summed E-state index contributed by atoms with van der Waals surface area (Å²) in [4.78, 5) is 29.1. The maximum absolute atomic E-state index is 14.9. The summed E-state index contributed by atoms with van der Waals surface area (Å²) in [7, 11) is 1.55. The molecule has 3 aromatic carbocycles. The highest BCUT2D eigenvalue weighted by Crippen LogP contribution is 2.51. The molecule has 0 N–H and O–H groups in total. The summed E-state index contributed by atoms with van der Waals surface area (Å²) in [6, 6.07) is 23.9. The van der Waals surface area contributed by atoms with Crippen LogP contribution in [-0.4, -0.2) is 54.0 Å². The van der Waals surface area contributed by atoms with Crippen molar-refractivity contribution in [2.45, 2.75) is 42.5 Å². The van der Waals surface area contributed by atoms with E-state index in [1.807, 2.05) is 19.1 Å². The van der Waals surface area contributed by atoms with Crippen molar-refractivity contribution in [2.24, 2.45) is 0 Å². The number of carbonyl (C=O) groups excluding carboxylic acids is 2. The van der Waals surface area contributed by atoms with Gasteiger partial charge in [-0.25, -0.2) is 0 Å². The van der Waals surface area contributed by atoms with Gasteiger partial charge in [0.15, 0.2) is 21.2 Å². The van der Waals surface area contributed by atoms with Crippen molar-refractivity contribution in [2.75, 3.05) is 13.8 Å². The Morgan fingerprint density at radius 2 is 1.51 bits per heavy atom. The second-order valence-electron chi connectivity index (χ2n) is 10.2. The summed E-state index contributed by atoms with van der Waals surface area (Å²) in [6.45, 7) is 3.53. The quantitative estimate of drug-likeness (QED) is 0.238. The number of carbonyl (C=O) groups is 2. The summed E-state index contributed by atoms with van der Waals surface area (Å²) in [6.07, 6.45) is 0.669. The number of benzene rings is 3. The smallest absolute Gasteiger partial charge is 0.262 e. The minimum Gasteiger partial charge on any atom is -0.454 e. The van der Waals surface area contributed by atoms with Gasteiger partial charge in [-0.15, -0.1) is 0 Å². The highest BCUT2D eigenvalue weighted by molar-refractivity contribution is 8.24. The fourth-order valence-electron chi connectivity index (χ4n) is 5.11. The highest BCUT2D eigenvalue weighted by Gasteiger charge is 2.63. The van der Waals surface area contributed by atoms with Gasteiger partial charge < -0.3 is 23.8 Å². The van der Waals surface area contributed by atoms with Crippen LogP contribution in [0, 0.1) is 11.3 Å². The molecule has 0 saturated carbocycles. The van der Waals surface area contributed by atoms with Gasteiger partial charge in [-0.2, -0.15) is 5.26 Å². The van der Waals surface area contributed by atoms with Crippen molar-refractivity contribution in [1.29, 1.82) is 5.26 Å². The predicted octanol–water partition coefficient (Wildman–Crippen LogP) is 6.69. The van der Waals surface area contributed by atoms with Crippen LogP contribution < -0.4 is 18.9 Å². The van der Waals surface area contributed by atoms with E-state index in [0.29, 0.717) is 35.0 Å². The molecular weight excluding hydrogens is 651 g/mol. The minimum absolute atomic E-state index is 0.0239. The maximum atomic E-state index is 14.9. The zero-order valence-corrected chi connectivity index (χ0v) is 27.9. The molecule has 2 amide bonds. The number of nitriles is 1. The molecule has 9 nitrogen and oxygen atoms in total. The number of thiocarbonyl (C=S) groups is 2. The molecule has 0 radical (unpaired) electrons. The fourth-order valence-corrected chi connectivity index (χ4v) is 8.31. The number of piperazine rings is 1. The lowest BCUT2D eigenvalue weighted by Gasteiger charge is -2.55. The lowest BCUT2D eigenvalue weighted by atomic mass is 9.95. The Morgan fingerprint density at radius 3 is 2.09 bits per heavy atom. The number of para-hydroxylation sites is 2. The molecule has 2 aliphatic heterocycles. The average molecular weight is 680 g/mol. The molecule has 5 rings (SSSR count). The molecule has 2 aliphatic rings. The van der Waals surface area contributed by atoms with Gasteiger partial charge in [0, 0.05) is 7.05 Å². The van der Waals surface area contributed by atoms with Gasteiger partial charge in [0.05, 0.1) is 6.07 Å². The fraction of sp³-hybridized carbons (Fsp3) is 0.281. The van der Waals surface area contributed by atoms with E-state index in [-0.39, 0.29) is 22.0 Å². The Kier molecular flexibility index (Phi) is 9.88. The monoisotopic (exact) mass is 679 g/mol. The number of hydrogen-bond donors (Lipinski definition) is 0. The molecule has 1 saturated heterocycles. The van der Waals surface area contributed by atoms with Gasteiger partial charge in [0.25, 0.3) is 11.8 Å². The Morgan fingerprint density at radius 1 is 0.933 bits per heavy atom. The molecule has 45 heavy (non-hydrogen) atoms. The van der Waals surface area contributed by atoms with Crippen LogP contribution in [0.2, 0.25) is 0 Å². The van der Waals surface area contributed by atoms with E-state index < -0.39 is 27.6 Å². The Bertz CT molecular complexity index is 1650. The molecule has 232 valence electrons. The molecular formula is C32H29N3O6S4. The molecule has 1 unspecified atom stereocenters. The van der Waals surface area contributed by atoms with Gasteiger partial charge in [-0.05, 0) is 103 Å². The van der Waals surface area contributed by atoms with Gasteiger partial charge >= 0.3 is 0 Å². The second-order valence-corrected chi connectivity index (χ2v) is 14.1. The summed E-state index contributed by atoms with van der Waals surface area (Å²) in [5.41, 5.74) is 0.443.